The molecule has 2 aromatic heterocycles. The second-order valence-corrected chi connectivity index (χ2v) is 9.36. The van der Waals surface area contributed by atoms with Gasteiger partial charge in [-0.1, -0.05) is 54.2 Å². The summed E-state index contributed by atoms with van der Waals surface area (Å²) in [7, 11) is 0. The van der Waals surface area contributed by atoms with Gasteiger partial charge in [-0.3, -0.25) is 4.79 Å². The molecule has 1 atom stereocenters. The number of nitriles is 1. The molecule has 0 saturated heterocycles. The summed E-state index contributed by atoms with van der Waals surface area (Å²) in [5.41, 5.74) is -2.33. The Labute approximate surface area is 210 Å². The van der Waals surface area contributed by atoms with E-state index in [0.29, 0.717) is 22.2 Å². The molecule has 4 nitrogen and oxygen atoms in total. The van der Waals surface area contributed by atoms with Crippen LogP contribution in [0.3, 0.4) is 0 Å². The molecule has 0 aliphatic heterocycles. The van der Waals surface area contributed by atoms with Gasteiger partial charge in [0.1, 0.15) is 33.7 Å². The van der Waals surface area contributed by atoms with Crippen molar-refractivity contribution < 1.29 is 26.7 Å². The third kappa shape index (κ3) is 5.40. The highest BCUT2D eigenvalue weighted by molar-refractivity contribution is 8.00. The molecule has 0 saturated carbocycles. The van der Waals surface area contributed by atoms with Crippen molar-refractivity contribution in [3.63, 3.8) is 0 Å². The summed E-state index contributed by atoms with van der Waals surface area (Å²) < 4.78 is 70.0. The van der Waals surface area contributed by atoms with E-state index < -0.39 is 45.8 Å². The smallest absolute Gasteiger partial charge is 0.320 e. The van der Waals surface area contributed by atoms with Gasteiger partial charge in [-0.2, -0.15) is 18.4 Å². The predicted molar refractivity (Wildman–Crippen MR) is 127 cm³/mol. The maximum atomic E-state index is 14.2. The lowest BCUT2D eigenvalue weighted by molar-refractivity contribution is -0.138. The number of pyridine rings is 1. The molecule has 4 rings (SSSR count). The van der Waals surface area contributed by atoms with Gasteiger partial charge in [0.05, 0.1) is 21.7 Å². The van der Waals surface area contributed by atoms with Crippen molar-refractivity contribution in [1.82, 2.24) is 4.98 Å². The highest BCUT2D eigenvalue weighted by Crippen LogP contribution is 2.43. The van der Waals surface area contributed by atoms with Gasteiger partial charge in [0.2, 0.25) is 5.91 Å². The van der Waals surface area contributed by atoms with Crippen molar-refractivity contribution in [1.29, 1.82) is 5.26 Å². The van der Waals surface area contributed by atoms with Crippen molar-refractivity contribution in [2.75, 3.05) is 5.32 Å². The number of carbonyl (C=O) groups excluding carboxylic acids is 1. The Hall–Kier alpha value is -3.75. The first kappa shape index (κ1) is 25.3. The predicted octanol–water partition coefficient (Wildman–Crippen LogP) is 7.45. The van der Waals surface area contributed by atoms with Crippen LogP contribution in [0.25, 0.3) is 10.6 Å². The number of hydrogen-bond acceptors (Lipinski definition) is 5. The Kier molecular flexibility index (Phi) is 7.37. The molecule has 2 heterocycles. The second-order valence-electron chi connectivity index (χ2n) is 7.32. The van der Waals surface area contributed by atoms with E-state index in [0.717, 1.165) is 35.6 Å². The molecule has 2 aromatic carbocycles. The molecule has 182 valence electrons. The number of thiophene rings is 1. The van der Waals surface area contributed by atoms with E-state index in [1.54, 1.807) is 41.8 Å². The number of anilines is 1. The number of amides is 1. The van der Waals surface area contributed by atoms with Crippen LogP contribution in [0.2, 0.25) is 0 Å². The van der Waals surface area contributed by atoms with Gasteiger partial charge in [-0.05, 0) is 35.2 Å². The highest BCUT2D eigenvalue weighted by atomic mass is 32.2. The van der Waals surface area contributed by atoms with Crippen LogP contribution in [0, 0.1) is 23.0 Å². The Morgan fingerprint density at radius 1 is 1.03 bits per heavy atom. The molecular weight excluding hydrogens is 517 g/mol. The van der Waals surface area contributed by atoms with Crippen molar-refractivity contribution in [3.8, 4) is 16.6 Å². The van der Waals surface area contributed by atoms with Crippen LogP contribution < -0.4 is 5.32 Å². The number of halogens is 5. The maximum absolute atomic E-state index is 14.2. The lowest BCUT2D eigenvalue weighted by atomic mass is 10.1. The van der Waals surface area contributed by atoms with Crippen LogP contribution in [-0.4, -0.2) is 10.9 Å². The van der Waals surface area contributed by atoms with E-state index in [1.807, 2.05) is 0 Å². The number of aromatic nitrogens is 1. The molecule has 0 aliphatic carbocycles. The third-order valence-electron chi connectivity index (χ3n) is 4.96. The number of carbonyl (C=O) groups is 1. The van der Waals surface area contributed by atoms with Crippen LogP contribution in [0.1, 0.15) is 21.9 Å². The number of hydrogen-bond donors (Lipinski definition) is 1. The summed E-state index contributed by atoms with van der Waals surface area (Å²) in [6.07, 6.45) is -4.86. The molecule has 0 bridgehead atoms. The number of para-hydroxylation sites is 1. The fourth-order valence-corrected chi connectivity index (χ4v) is 5.10. The quantitative estimate of drug-likeness (QED) is 0.207. The first-order chi connectivity index (χ1) is 17.2. The summed E-state index contributed by atoms with van der Waals surface area (Å²) in [4.78, 5) is 17.9. The minimum absolute atomic E-state index is 0.0220. The summed E-state index contributed by atoms with van der Waals surface area (Å²) in [6.45, 7) is 0. The average molecular weight is 532 g/mol. The number of rotatable bonds is 6. The average Bonchev–Trinajstić information content (AvgIpc) is 3.39. The Morgan fingerprint density at radius 3 is 2.31 bits per heavy atom. The molecule has 11 heteroatoms. The van der Waals surface area contributed by atoms with Gasteiger partial charge in [0.15, 0.2) is 0 Å². The highest BCUT2D eigenvalue weighted by Gasteiger charge is 2.37. The summed E-state index contributed by atoms with van der Waals surface area (Å²) in [6, 6.07) is 16.5. The van der Waals surface area contributed by atoms with Gasteiger partial charge in [0.25, 0.3) is 0 Å². The van der Waals surface area contributed by atoms with Crippen molar-refractivity contribution in [2.45, 2.75) is 16.5 Å². The SMILES string of the molecule is N#Cc1c(C(F)(F)F)cc(-c2cccs2)nc1S[C@@H](C(=O)Nc1c(F)cccc1F)c1ccccc1. The second kappa shape index (κ2) is 10.5. The summed E-state index contributed by atoms with van der Waals surface area (Å²) in [5, 5.41) is 11.8. The van der Waals surface area contributed by atoms with Crippen molar-refractivity contribution >= 4 is 34.7 Å². The number of alkyl halides is 3. The first-order valence-corrected chi connectivity index (χ1v) is 12.0. The van der Waals surface area contributed by atoms with E-state index in [-0.39, 0.29) is 10.7 Å². The Bertz CT molecular complexity index is 1410. The molecule has 0 radical (unpaired) electrons. The fraction of sp³-hybridized carbons (Fsp3) is 0.0800. The zero-order valence-electron chi connectivity index (χ0n) is 18.0. The van der Waals surface area contributed by atoms with Gasteiger partial charge >= 0.3 is 6.18 Å². The summed E-state index contributed by atoms with van der Waals surface area (Å²) in [5.74, 6) is -2.94. The molecule has 36 heavy (non-hydrogen) atoms. The van der Waals surface area contributed by atoms with E-state index in [4.69, 9.17) is 0 Å². The number of thioether (sulfide) groups is 1. The molecular formula is C25H14F5N3OS2. The molecule has 1 amide bonds. The molecule has 4 aromatic rings. The van der Waals surface area contributed by atoms with E-state index in [2.05, 4.69) is 10.3 Å². The third-order valence-corrected chi connectivity index (χ3v) is 7.09. The van der Waals surface area contributed by atoms with Gasteiger partial charge in [-0.25, -0.2) is 13.8 Å². The van der Waals surface area contributed by atoms with Crippen LogP contribution >= 0.6 is 23.1 Å². The maximum Gasteiger partial charge on any atom is 0.417 e. The van der Waals surface area contributed by atoms with E-state index in [9.17, 15) is 32.0 Å². The molecule has 0 unspecified atom stereocenters. The molecule has 0 spiro atoms. The number of nitrogens with zero attached hydrogens (tertiary/aromatic N) is 2. The zero-order valence-corrected chi connectivity index (χ0v) is 19.6. The monoisotopic (exact) mass is 531 g/mol. The topological polar surface area (TPSA) is 65.8 Å². The minimum atomic E-state index is -4.86. The van der Waals surface area contributed by atoms with Crippen LogP contribution in [0.15, 0.2) is 77.1 Å². The largest absolute Gasteiger partial charge is 0.417 e. The Balaban J connectivity index is 1.83. The zero-order chi connectivity index (χ0) is 25.9. The molecule has 0 fully saturated rings. The lowest BCUT2D eigenvalue weighted by Crippen LogP contribution is -2.21. The Morgan fingerprint density at radius 2 is 1.72 bits per heavy atom. The summed E-state index contributed by atoms with van der Waals surface area (Å²) >= 11 is 1.75. The van der Waals surface area contributed by atoms with Gasteiger partial charge in [-0.15, -0.1) is 11.3 Å². The number of benzene rings is 2. The normalized spacial score (nSPS) is 12.1. The molecule has 1 N–H and O–H groups in total. The van der Waals surface area contributed by atoms with Gasteiger partial charge in [0, 0.05) is 0 Å². The lowest BCUT2D eigenvalue weighted by Gasteiger charge is -2.19. The van der Waals surface area contributed by atoms with Crippen LogP contribution in [-0.2, 0) is 11.0 Å². The van der Waals surface area contributed by atoms with Crippen molar-refractivity contribution in [2.24, 2.45) is 0 Å². The minimum Gasteiger partial charge on any atom is -0.320 e. The van der Waals surface area contributed by atoms with Crippen molar-refractivity contribution in [3.05, 3.63) is 100 Å². The first-order valence-electron chi connectivity index (χ1n) is 10.2. The van der Waals surface area contributed by atoms with Gasteiger partial charge < -0.3 is 5.32 Å². The van der Waals surface area contributed by atoms with Crippen LogP contribution in [0.5, 0.6) is 0 Å². The van der Waals surface area contributed by atoms with Crippen LogP contribution in [0.4, 0.5) is 27.6 Å². The fourth-order valence-electron chi connectivity index (χ4n) is 3.31. The number of nitrogens with one attached hydrogen (secondary N) is 1. The standard InChI is InChI=1S/C25H14F5N3OS2/c26-17-8-4-9-18(27)21(17)33-23(34)22(14-6-2-1-3-7-14)36-24-15(13-31)16(25(28,29)30)12-19(32-24)20-10-5-11-35-20/h1-12,22H,(H,33,34)/t22-/m1/s1. The molecule has 0 aliphatic rings. The van der Waals surface area contributed by atoms with E-state index in [1.165, 1.54) is 12.1 Å². The van der Waals surface area contributed by atoms with E-state index >= 15 is 0 Å².